The molecule has 1 fully saturated rings. The lowest BCUT2D eigenvalue weighted by Gasteiger charge is -2.34. The lowest BCUT2D eigenvalue weighted by molar-refractivity contribution is 0.0482. The van der Waals surface area contributed by atoms with E-state index >= 15 is 0 Å². The maximum Gasteiger partial charge on any atom is 0.225 e. The summed E-state index contributed by atoms with van der Waals surface area (Å²) in [5.41, 5.74) is 0.629. The molecule has 0 radical (unpaired) electrons. The van der Waals surface area contributed by atoms with Crippen molar-refractivity contribution in [3.05, 3.63) is 42.0 Å². The molecule has 0 amide bonds. The number of aliphatic hydroxyl groups is 2. The third-order valence-corrected chi connectivity index (χ3v) is 4.88. The van der Waals surface area contributed by atoms with Crippen molar-refractivity contribution in [2.24, 2.45) is 5.92 Å². The molecule has 2 heterocycles. The van der Waals surface area contributed by atoms with E-state index in [1.807, 2.05) is 13.8 Å². The van der Waals surface area contributed by atoms with Gasteiger partial charge in [-0.15, -0.1) is 0 Å². The topological polar surface area (TPSA) is 69.5 Å². The number of nitrogens with zero attached hydrogens (tertiary/aromatic N) is 3. The zero-order valence-corrected chi connectivity index (χ0v) is 15.3. The van der Waals surface area contributed by atoms with Crippen LogP contribution in [-0.2, 0) is 6.61 Å². The molecule has 26 heavy (non-hydrogen) atoms. The minimum Gasteiger partial charge on any atom is -0.392 e. The van der Waals surface area contributed by atoms with E-state index < -0.39 is 11.4 Å². The second kappa shape index (κ2) is 7.68. The molecule has 0 unspecified atom stereocenters. The van der Waals surface area contributed by atoms with Crippen molar-refractivity contribution in [3.8, 4) is 11.1 Å². The lowest BCUT2D eigenvalue weighted by Crippen LogP contribution is -2.37. The molecule has 6 heteroatoms. The van der Waals surface area contributed by atoms with Gasteiger partial charge < -0.3 is 15.1 Å². The fraction of sp³-hybridized carbons (Fsp3) is 0.500. The molecule has 2 aromatic rings. The first-order valence-corrected chi connectivity index (χ1v) is 9.05. The summed E-state index contributed by atoms with van der Waals surface area (Å²) in [4.78, 5) is 11.0. The molecule has 0 spiro atoms. The molecule has 140 valence electrons. The van der Waals surface area contributed by atoms with Gasteiger partial charge in [0, 0.05) is 42.2 Å². The molecule has 1 aliphatic rings. The van der Waals surface area contributed by atoms with E-state index in [1.165, 1.54) is 0 Å². The minimum absolute atomic E-state index is 0.264. The summed E-state index contributed by atoms with van der Waals surface area (Å²) in [6.07, 6.45) is 6.07. The number of aromatic nitrogens is 2. The Labute approximate surface area is 153 Å². The van der Waals surface area contributed by atoms with Gasteiger partial charge in [0.05, 0.1) is 12.2 Å². The quantitative estimate of drug-likeness (QED) is 0.858. The van der Waals surface area contributed by atoms with Crippen molar-refractivity contribution in [3.63, 3.8) is 0 Å². The average molecular weight is 359 g/mol. The maximum atomic E-state index is 14.3. The fourth-order valence-electron chi connectivity index (χ4n) is 3.59. The van der Waals surface area contributed by atoms with Crippen molar-refractivity contribution >= 4 is 5.95 Å². The molecule has 2 N–H and O–H groups in total. The molecule has 1 aromatic carbocycles. The third-order valence-electron chi connectivity index (χ3n) is 4.88. The van der Waals surface area contributed by atoms with Crippen molar-refractivity contribution < 1.29 is 14.6 Å². The van der Waals surface area contributed by atoms with Gasteiger partial charge in [0.25, 0.3) is 0 Å². The first kappa shape index (κ1) is 18.7. The molecule has 0 bridgehead atoms. The average Bonchev–Trinajstić information content (AvgIpc) is 2.61. The second-order valence-electron chi connectivity index (χ2n) is 7.66. The lowest BCUT2D eigenvalue weighted by atomic mass is 9.86. The van der Waals surface area contributed by atoms with Gasteiger partial charge in [-0.25, -0.2) is 14.4 Å². The zero-order chi connectivity index (χ0) is 18.7. The molecule has 1 aromatic heterocycles. The van der Waals surface area contributed by atoms with E-state index in [1.54, 1.807) is 30.6 Å². The van der Waals surface area contributed by atoms with E-state index in [-0.39, 0.29) is 12.2 Å². The Morgan fingerprint density at radius 2 is 1.85 bits per heavy atom. The minimum atomic E-state index is -0.627. The summed E-state index contributed by atoms with van der Waals surface area (Å²) in [6.45, 7) is 5.08. The van der Waals surface area contributed by atoms with Crippen LogP contribution in [-0.4, -0.2) is 38.9 Å². The van der Waals surface area contributed by atoms with Crippen molar-refractivity contribution in [1.82, 2.24) is 9.97 Å². The molecule has 0 aliphatic carbocycles. The summed E-state index contributed by atoms with van der Waals surface area (Å²) >= 11 is 0. The summed E-state index contributed by atoms with van der Waals surface area (Å²) in [5.74, 6) is 0.730. The molecule has 1 aliphatic heterocycles. The molecule has 3 rings (SSSR count). The first-order chi connectivity index (χ1) is 12.4. The summed E-state index contributed by atoms with van der Waals surface area (Å²) < 4.78 is 14.3. The molecular formula is C20H26FN3O2. The van der Waals surface area contributed by atoms with Crippen LogP contribution in [0.2, 0.25) is 0 Å². The normalized spacial score (nSPS) is 16.1. The van der Waals surface area contributed by atoms with Crippen LogP contribution in [0.15, 0.2) is 30.6 Å². The summed E-state index contributed by atoms with van der Waals surface area (Å²) in [6, 6.07) is 4.94. The van der Waals surface area contributed by atoms with Crippen LogP contribution in [0.25, 0.3) is 11.1 Å². The Bertz CT molecular complexity index is 736. The third kappa shape index (κ3) is 4.37. The second-order valence-corrected chi connectivity index (χ2v) is 7.66. The van der Waals surface area contributed by atoms with E-state index in [0.717, 1.165) is 32.4 Å². The Kier molecular flexibility index (Phi) is 5.53. The highest BCUT2D eigenvalue weighted by molar-refractivity contribution is 5.63. The maximum absolute atomic E-state index is 14.3. The van der Waals surface area contributed by atoms with Gasteiger partial charge in [-0.2, -0.15) is 0 Å². The number of halogens is 1. The molecule has 0 atom stereocenters. The summed E-state index contributed by atoms with van der Waals surface area (Å²) in [5, 5.41) is 19.2. The van der Waals surface area contributed by atoms with Gasteiger partial charge in [-0.1, -0.05) is 18.2 Å². The van der Waals surface area contributed by atoms with E-state index in [0.29, 0.717) is 23.0 Å². The number of hydrogen-bond donors (Lipinski definition) is 2. The summed E-state index contributed by atoms with van der Waals surface area (Å²) in [7, 11) is 0. The van der Waals surface area contributed by atoms with Gasteiger partial charge in [-0.05, 0) is 39.0 Å². The highest BCUT2D eigenvalue weighted by Crippen LogP contribution is 2.29. The monoisotopic (exact) mass is 359 g/mol. The predicted octanol–water partition coefficient (Wildman–Crippen LogP) is 3.15. The van der Waals surface area contributed by atoms with Gasteiger partial charge in [0.1, 0.15) is 5.82 Å². The smallest absolute Gasteiger partial charge is 0.225 e. The fourth-order valence-corrected chi connectivity index (χ4v) is 3.59. The Morgan fingerprint density at radius 1 is 1.19 bits per heavy atom. The predicted molar refractivity (Wildman–Crippen MR) is 99.2 cm³/mol. The van der Waals surface area contributed by atoms with Crippen molar-refractivity contribution in [2.45, 2.75) is 45.3 Å². The van der Waals surface area contributed by atoms with Gasteiger partial charge in [0.15, 0.2) is 0 Å². The number of aliphatic hydroxyl groups excluding tert-OH is 1. The van der Waals surface area contributed by atoms with Crippen LogP contribution in [0.4, 0.5) is 10.3 Å². The van der Waals surface area contributed by atoms with Crippen LogP contribution in [0.3, 0.4) is 0 Å². The standard InChI is InChI=1S/C20H26FN3O2/c1-20(2,26)10-14-6-8-24(9-7-14)19-22-11-16(12-23-19)17-5-3-4-15(13-25)18(17)21/h3-5,11-12,14,25-26H,6-10,13H2,1-2H3. The largest absolute Gasteiger partial charge is 0.392 e. The highest BCUT2D eigenvalue weighted by atomic mass is 19.1. The number of piperidine rings is 1. The van der Waals surface area contributed by atoms with Gasteiger partial charge in [-0.3, -0.25) is 0 Å². The number of anilines is 1. The van der Waals surface area contributed by atoms with Crippen LogP contribution in [0.5, 0.6) is 0 Å². The van der Waals surface area contributed by atoms with E-state index in [4.69, 9.17) is 0 Å². The zero-order valence-electron chi connectivity index (χ0n) is 15.3. The van der Waals surface area contributed by atoms with Crippen LogP contribution in [0.1, 0.15) is 38.7 Å². The van der Waals surface area contributed by atoms with Crippen LogP contribution < -0.4 is 4.90 Å². The highest BCUT2D eigenvalue weighted by Gasteiger charge is 2.26. The number of rotatable bonds is 5. The SMILES string of the molecule is CC(C)(O)CC1CCN(c2ncc(-c3cccc(CO)c3F)cn2)CC1. The van der Waals surface area contributed by atoms with Crippen molar-refractivity contribution in [2.75, 3.05) is 18.0 Å². The van der Waals surface area contributed by atoms with Gasteiger partial charge >= 0.3 is 0 Å². The van der Waals surface area contributed by atoms with E-state index in [2.05, 4.69) is 14.9 Å². The number of benzene rings is 1. The van der Waals surface area contributed by atoms with Crippen LogP contribution in [0, 0.1) is 11.7 Å². The Balaban J connectivity index is 1.68. The van der Waals surface area contributed by atoms with Crippen LogP contribution >= 0.6 is 0 Å². The molecular weight excluding hydrogens is 333 g/mol. The number of hydrogen-bond acceptors (Lipinski definition) is 5. The van der Waals surface area contributed by atoms with Gasteiger partial charge in [0.2, 0.25) is 5.95 Å². The van der Waals surface area contributed by atoms with E-state index in [9.17, 15) is 14.6 Å². The molecule has 5 nitrogen and oxygen atoms in total. The first-order valence-electron chi connectivity index (χ1n) is 9.05. The molecule has 0 saturated carbocycles. The van der Waals surface area contributed by atoms with Crippen molar-refractivity contribution in [1.29, 1.82) is 0 Å². The Morgan fingerprint density at radius 3 is 2.42 bits per heavy atom. The molecule has 1 saturated heterocycles. The Hall–Kier alpha value is -2.05.